The van der Waals surface area contributed by atoms with E-state index < -0.39 is 0 Å². The maximum absolute atomic E-state index is 11.8. The molecule has 3 rings (SSSR count). The summed E-state index contributed by atoms with van der Waals surface area (Å²) in [5.41, 5.74) is 9.23. The van der Waals surface area contributed by atoms with E-state index in [1.807, 2.05) is 16.7 Å². The standard InChI is InChI=1S/C12H15N3O.CH4/c1-7-8-3-2-4-10-11(8)15(12(16)14-10)6-5-9(7)13;/h2-4,7,9H,5-6,13H2,1H3,(H,14,16);1H4. The molecule has 0 amide bonds. The zero-order valence-corrected chi connectivity index (χ0v) is 9.23. The number of hydrogen-bond donors (Lipinski definition) is 2. The van der Waals surface area contributed by atoms with Gasteiger partial charge < -0.3 is 10.7 Å². The number of aromatic amines is 1. The molecule has 4 heteroatoms. The number of aromatic nitrogens is 2. The number of para-hydroxylation sites is 1. The van der Waals surface area contributed by atoms with Crippen molar-refractivity contribution < 1.29 is 0 Å². The minimum atomic E-state index is -0.0243. The number of hydrogen-bond acceptors (Lipinski definition) is 2. The van der Waals surface area contributed by atoms with E-state index in [-0.39, 0.29) is 19.2 Å². The Morgan fingerprint density at radius 2 is 2.24 bits per heavy atom. The summed E-state index contributed by atoms with van der Waals surface area (Å²) < 4.78 is 1.81. The summed E-state index contributed by atoms with van der Waals surface area (Å²) >= 11 is 0. The summed E-state index contributed by atoms with van der Waals surface area (Å²) in [7, 11) is 0. The van der Waals surface area contributed by atoms with Crippen molar-refractivity contribution in [3.8, 4) is 0 Å². The van der Waals surface area contributed by atoms with Gasteiger partial charge in [0.05, 0.1) is 11.0 Å². The number of nitrogens with one attached hydrogen (secondary N) is 1. The predicted octanol–water partition coefficient (Wildman–Crippen LogP) is 1.80. The Kier molecular flexibility index (Phi) is 2.83. The number of imidazole rings is 1. The number of rotatable bonds is 0. The Labute approximate surface area is 100 Å². The van der Waals surface area contributed by atoms with Crippen LogP contribution in [0.2, 0.25) is 0 Å². The van der Waals surface area contributed by atoms with Crippen molar-refractivity contribution >= 4 is 11.0 Å². The van der Waals surface area contributed by atoms with E-state index in [1.165, 1.54) is 5.56 Å². The van der Waals surface area contributed by atoms with Gasteiger partial charge in [-0.25, -0.2) is 4.79 Å². The molecule has 2 atom stereocenters. The highest BCUT2D eigenvalue weighted by molar-refractivity contribution is 5.80. The van der Waals surface area contributed by atoms with Crippen LogP contribution < -0.4 is 11.4 Å². The largest absolute Gasteiger partial charge is 0.327 e. The maximum atomic E-state index is 11.8. The van der Waals surface area contributed by atoms with Crippen LogP contribution in [0.25, 0.3) is 11.0 Å². The molecule has 0 saturated heterocycles. The molecule has 2 unspecified atom stereocenters. The molecule has 0 saturated carbocycles. The Morgan fingerprint density at radius 1 is 1.47 bits per heavy atom. The van der Waals surface area contributed by atoms with Gasteiger partial charge in [-0.3, -0.25) is 4.57 Å². The van der Waals surface area contributed by atoms with Crippen LogP contribution in [0.4, 0.5) is 0 Å². The normalized spacial score (nSPS) is 23.2. The van der Waals surface area contributed by atoms with Crippen molar-refractivity contribution in [2.24, 2.45) is 5.73 Å². The van der Waals surface area contributed by atoms with E-state index in [4.69, 9.17) is 5.73 Å². The molecule has 1 aromatic carbocycles. The minimum Gasteiger partial charge on any atom is -0.327 e. The number of nitrogens with zero attached hydrogens (tertiary/aromatic N) is 1. The van der Waals surface area contributed by atoms with Crippen LogP contribution in [0.5, 0.6) is 0 Å². The molecule has 2 aromatic rings. The van der Waals surface area contributed by atoms with Gasteiger partial charge in [0, 0.05) is 12.6 Å². The first-order chi connectivity index (χ1) is 7.68. The SMILES string of the molecule is C.CC1c2cccc3[nH]c(=O)n(c23)CCC1N. The van der Waals surface area contributed by atoms with Crippen molar-refractivity contribution in [2.45, 2.75) is 39.3 Å². The van der Waals surface area contributed by atoms with Gasteiger partial charge in [0.1, 0.15) is 0 Å². The summed E-state index contributed by atoms with van der Waals surface area (Å²) in [5, 5.41) is 0. The molecular formula is C13H19N3O. The predicted molar refractivity (Wildman–Crippen MR) is 70.3 cm³/mol. The molecule has 92 valence electrons. The van der Waals surface area contributed by atoms with Crippen molar-refractivity contribution in [2.75, 3.05) is 0 Å². The lowest BCUT2D eigenvalue weighted by atomic mass is 9.92. The zero-order chi connectivity index (χ0) is 11.3. The lowest BCUT2D eigenvalue weighted by molar-refractivity contribution is 0.503. The van der Waals surface area contributed by atoms with Crippen LogP contribution in [0.1, 0.15) is 32.3 Å². The van der Waals surface area contributed by atoms with E-state index in [2.05, 4.69) is 18.0 Å². The van der Waals surface area contributed by atoms with Crippen LogP contribution in [0.15, 0.2) is 23.0 Å². The van der Waals surface area contributed by atoms with Crippen LogP contribution in [0.3, 0.4) is 0 Å². The highest BCUT2D eigenvalue weighted by atomic mass is 16.1. The summed E-state index contributed by atoms with van der Waals surface area (Å²) in [6.07, 6.45) is 0.850. The Bertz CT molecular complexity index is 596. The average molecular weight is 233 g/mol. The quantitative estimate of drug-likeness (QED) is 0.728. The highest BCUT2D eigenvalue weighted by Gasteiger charge is 2.23. The molecule has 0 aliphatic carbocycles. The molecule has 0 spiro atoms. The lowest BCUT2D eigenvalue weighted by Gasteiger charge is -2.17. The first kappa shape index (κ1) is 11.9. The van der Waals surface area contributed by atoms with Crippen molar-refractivity contribution in [3.05, 3.63) is 34.2 Å². The summed E-state index contributed by atoms with van der Waals surface area (Å²) in [4.78, 5) is 14.7. The maximum Gasteiger partial charge on any atom is 0.326 e. The summed E-state index contributed by atoms with van der Waals surface area (Å²) in [5.74, 6) is 0.299. The molecule has 0 bridgehead atoms. The Hall–Kier alpha value is -1.55. The third-order valence-electron chi connectivity index (χ3n) is 3.64. The molecule has 1 aliphatic rings. The van der Waals surface area contributed by atoms with Crippen LogP contribution >= 0.6 is 0 Å². The van der Waals surface area contributed by atoms with E-state index in [0.717, 1.165) is 17.5 Å². The highest BCUT2D eigenvalue weighted by Crippen LogP contribution is 2.29. The second-order valence-corrected chi connectivity index (χ2v) is 4.57. The third-order valence-corrected chi connectivity index (χ3v) is 3.64. The lowest BCUT2D eigenvalue weighted by Crippen LogP contribution is -2.27. The van der Waals surface area contributed by atoms with Gasteiger partial charge in [0.2, 0.25) is 0 Å². The molecular weight excluding hydrogens is 214 g/mol. The second kappa shape index (κ2) is 4.04. The molecule has 1 aromatic heterocycles. The fraction of sp³-hybridized carbons (Fsp3) is 0.462. The van der Waals surface area contributed by atoms with Gasteiger partial charge in [-0.15, -0.1) is 0 Å². The fourth-order valence-corrected chi connectivity index (χ4v) is 2.59. The molecule has 2 heterocycles. The molecule has 0 radical (unpaired) electrons. The van der Waals surface area contributed by atoms with Crippen LogP contribution in [0, 0.1) is 0 Å². The van der Waals surface area contributed by atoms with Crippen molar-refractivity contribution in [1.82, 2.24) is 9.55 Å². The van der Waals surface area contributed by atoms with Crippen LogP contribution in [-0.2, 0) is 6.54 Å². The minimum absolute atomic E-state index is 0. The van der Waals surface area contributed by atoms with Gasteiger partial charge in [-0.1, -0.05) is 26.5 Å². The Balaban J connectivity index is 0.00000108. The molecule has 0 fully saturated rings. The molecule has 3 N–H and O–H groups in total. The summed E-state index contributed by atoms with van der Waals surface area (Å²) in [6.45, 7) is 2.84. The van der Waals surface area contributed by atoms with Gasteiger partial charge in [-0.2, -0.15) is 0 Å². The van der Waals surface area contributed by atoms with Gasteiger partial charge >= 0.3 is 5.69 Å². The van der Waals surface area contributed by atoms with E-state index in [9.17, 15) is 4.79 Å². The molecule has 4 nitrogen and oxygen atoms in total. The van der Waals surface area contributed by atoms with Crippen LogP contribution in [-0.4, -0.2) is 15.6 Å². The van der Waals surface area contributed by atoms with Gasteiger partial charge in [0.25, 0.3) is 0 Å². The van der Waals surface area contributed by atoms with E-state index >= 15 is 0 Å². The van der Waals surface area contributed by atoms with Crippen molar-refractivity contribution in [3.63, 3.8) is 0 Å². The smallest absolute Gasteiger partial charge is 0.326 e. The zero-order valence-electron chi connectivity index (χ0n) is 9.23. The second-order valence-electron chi connectivity index (χ2n) is 4.57. The number of nitrogens with two attached hydrogens (primary N) is 1. The number of aryl methyl sites for hydroxylation is 1. The van der Waals surface area contributed by atoms with Gasteiger partial charge in [0.15, 0.2) is 0 Å². The first-order valence-corrected chi connectivity index (χ1v) is 5.65. The van der Waals surface area contributed by atoms with Crippen molar-refractivity contribution in [1.29, 1.82) is 0 Å². The molecule has 17 heavy (non-hydrogen) atoms. The number of benzene rings is 1. The first-order valence-electron chi connectivity index (χ1n) is 5.65. The Morgan fingerprint density at radius 3 is 3.00 bits per heavy atom. The van der Waals surface area contributed by atoms with Gasteiger partial charge in [-0.05, 0) is 24.0 Å². The molecule has 1 aliphatic heterocycles. The van der Waals surface area contributed by atoms with E-state index in [1.54, 1.807) is 0 Å². The van der Waals surface area contributed by atoms with E-state index in [0.29, 0.717) is 12.5 Å². The third kappa shape index (κ3) is 1.60. The summed E-state index contributed by atoms with van der Waals surface area (Å²) in [6, 6.07) is 6.12. The average Bonchev–Trinajstić information content (AvgIpc) is 2.53. The topological polar surface area (TPSA) is 63.8 Å². The fourth-order valence-electron chi connectivity index (χ4n) is 2.59. The number of H-pyrrole nitrogens is 1. The monoisotopic (exact) mass is 233 g/mol.